The van der Waals surface area contributed by atoms with Crippen molar-refractivity contribution in [2.45, 2.75) is 13.0 Å². The lowest BCUT2D eigenvalue weighted by molar-refractivity contribution is 0.736. The summed E-state index contributed by atoms with van der Waals surface area (Å²) in [6.07, 6.45) is 0. The van der Waals surface area contributed by atoms with E-state index in [9.17, 15) is 0 Å². The van der Waals surface area contributed by atoms with Gasteiger partial charge in [0.2, 0.25) is 0 Å². The Morgan fingerprint density at radius 1 is 1.31 bits per heavy atom. The second-order valence-electron chi connectivity index (χ2n) is 2.76. The minimum absolute atomic E-state index is 0. The fraction of sp³-hybridized carbons (Fsp3) is 0.333. The van der Waals surface area contributed by atoms with E-state index < -0.39 is 0 Å². The van der Waals surface area contributed by atoms with Crippen LogP contribution in [0, 0.1) is 6.92 Å². The number of nitrogens with two attached hydrogens (primary N) is 2. The molecule has 0 amide bonds. The van der Waals surface area contributed by atoms with E-state index in [2.05, 4.69) is 6.07 Å². The summed E-state index contributed by atoms with van der Waals surface area (Å²) in [4.78, 5) is 0. The Bertz CT molecular complexity index is 241. The van der Waals surface area contributed by atoms with E-state index in [-0.39, 0.29) is 30.9 Å². The predicted octanol–water partition coefficient (Wildman–Crippen LogP) is 1.80. The summed E-state index contributed by atoms with van der Waals surface area (Å²) >= 11 is 0. The molecular weight excluding hydrogens is 207 g/mol. The van der Waals surface area contributed by atoms with E-state index in [0.717, 1.165) is 5.56 Å². The van der Waals surface area contributed by atoms with Crippen LogP contribution in [0.1, 0.15) is 17.2 Å². The monoisotopic (exact) mass is 222 g/mol. The molecule has 13 heavy (non-hydrogen) atoms. The second kappa shape index (κ2) is 7.15. The van der Waals surface area contributed by atoms with E-state index in [4.69, 9.17) is 11.5 Å². The van der Waals surface area contributed by atoms with Gasteiger partial charge in [-0.05, 0) is 12.5 Å². The minimum Gasteiger partial charge on any atom is -0.329 e. The SMILES string of the molecule is Cc1cccc(C(N)CN)c1.Cl.Cl. The molecule has 1 atom stereocenters. The highest BCUT2D eigenvalue weighted by Crippen LogP contribution is 2.10. The number of hydrogen-bond acceptors (Lipinski definition) is 2. The molecule has 0 spiro atoms. The molecule has 1 aromatic carbocycles. The zero-order chi connectivity index (χ0) is 8.27. The van der Waals surface area contributed by atoms with Gasteiger partial charge in [0.25, 0.3) is 0 Å². The van der Waals surface area contributed by atoms with Crippen molar-refractivity contribution < 1.29 is 0 Å². The van der Waals surface area contributed by atoms with Crippen LogP contribution in [0.15, 0.2) is 24.3 Å². The van der Waals surface area contributed by atoms with Crippen LogP contribution in [0.3, 0.4) is 0 Å². The summed E-state index contributed by atoms with van der Waals surface area (Å²) in [6.45, 7) is 2.55. The molecule has 76 valence electrons. The average Bonchev–Trinajstić information content (AvgIpc) is 2.03. The molecule has 4 N–H and O–H groups in total. The highest BCUT2D eigenvalue weighted by atomic mass is 35.5. The third-order valence-electron chi connectivity index (χ3n) is 1.72. The topological polar surface area (TPSA) is 52.0 Å². The summed E-state index contributed by atoms with van der Waals surface area (Å²) in [5, 5.41) is 0. The van der Waals surface area contributed by atoms with E-state index in [1.807, 2.05) is 25.1 Å². The Labute approximate surface area is 91.5 Å². The van der Waals surface area contributed by atoms with Crippen molar-refractivity contribution in [3.8, 4) is 0 Å². The molecule has 0 aromatic heterocycles. The van der Waals surface area contributed by atoms with Crippen LogP contribution < -0.4 is 11.5 Å². The molecule has 0 aliphatic carbocycles. The maximum Gasteiger partial charge on any atom is 0.0419 e. The molecule has 0 fully saturated rings. The van der Waals surface area contributed by atoms with Crippen LogP contribution in [-0.2, 0) is 0 Å². The fourth-order valence-corrected chi connectivity index (χ4v) is 1.04. The number of rotatable bonds is 2. The van der Waals surface area contributed by atoms with Gasteiger partial charge in [-0.2, -0.15) is 0 Å². The van der Waals surface area contributed by atoms with Gasteiger partial charge in [0.15, 0.2) is 0 Å². The minimum atomic E-state index is -0.0186. The molecule has 1 rings (SSSR count). The summed E-state index contributed by atoms with van der Waals surface area (Å²) in [6, 6.07) is 8.10. The van der Waals surface area contributed by atoms with Gasteiger partial charge in [0.1, 0.15) is 0 Å². The van der Waals surface area contributed by atoms with Gasteiger partial charge < -0.3 is 11.5 Å². The average molecular weight is 223 g/mol. The number of aryl methyl sites for hydroxylation is 1. The largest absolute Gasteiger partial charge is 0.329 e. The molecule has 4 heteroatoms. The molecule has 0 aliphatic rings. The lowest BCUT2D eigenvalue weighted by Crippen LogP contribution is -2.20. The number of hydrogen-bond donors (Lipinski definition) is 2. The van der Waals surface area contributed by atoms with Crippen molar-refractivity contribution in [2.75, 3.05) is 6.54 Å². The van der Waals surface area contributed by atoms with E-state index in [1.54, 1.807) is 0 Å². The molecule has 1 unspecified atom stereocenters. The first-order valence-electron chi connectivity index (χ1n) is 3.76. The Hall–Kier alpha value is -0.280. The summed E-state index contributed by atoms with van der Waals surface area (Å²) in [7, 11) is 0. The van der Waals surface area contributed by atoms with E-state index in [0.29, 0.717) is 6.54 Å². The lowest BCUT2D eigenvalue weighted by Gasteiger charge is -2.08. The lowest BCUT2D eigenvalue weighted by atomic mass is 10.1. The molecular formula is C9H16Cl2N2. The molecule has 0 heterocycles. The molecule has 0 saturated heterocycles. The van der Waals surface area contributed by atoms with E-state index >= 15 is 0 Å². The van der Waals surface area contributed by atoms with Crippen molar-refractivity contribution in [1.29, 1.82) is 0 Å². The van der Waals surface area contributed by atoms with Crippen LogP contribution in [0.5, 0.6) is 0 Å². The van der Waals surface area contributed by atoms with E-state index in [1.165, 1.54) is 5.56 Å². The van der Waals surface area contributed by atoms with Gasteiger partial charge >= 0.3 is 0 Å². The van der Waals surface area contributed by atoms with Gasteiger partial charge in [-0.25, -0.2) is 0 Å². The predicted molar refractivity (Wildman–Crippen MR) is 61.7 cm³/mol. The van der Waals surface area contributed by atoms with Crippen LogP contribution in [0.4, 0.5) is 0 Å². The summed E-state index contributed by atoms with van der Waals surface area (Å²) in [5.41, 5.74) is 13.5. The van der Waals surface area contributed by atoms with Crippen molar-refractivity contribution in [1.82, 2.24) is 0 Å². The number of benzene rings is 1. The normalized spacial score (nSPS) is 11.0. The summed E-state index contributed by atoms with van der Waals surface area (Å²) < 4.78 is 0. The molecule has 2 nitrogen and oxygen atoms in total. The van der Waals surface area contributed by atoms with Crippen LogP contribution in [-0.4, -0.2) is 6.54 Å². The second-order valence-corrected chi connectivity index (χ2v) is 2.76. The van der Waals surface area contributed by atoms with Crippen molar-refractivity contribution in [2.24, 2.45) is 11.5 Å². The van der Waals surface area contributed by atoms with Crippen LogP contribution >= 0.6 is 24.8 Å². The van der Waals surface area contributed by atoms with Crippen LogP contribution in [0.25, 0.3) is 0 Å². The highest BCUT2D eigenvalue weighted by molar-refractivity contribution is 5.85. The van der Waals surface area contributed by atoms with Gasteiger partial charge in [-0.15, -0.1) is 24.8 Å². The molecule has 0 bridgehead atoms. The third kappa shape index (κ3) is 4.48. The molecule has 0 radical (unpaired) electrons. The smallest absolute Gasteiger partial charge is 0.0419 e. The number of halogens is 2. The Balaban J connectivity index is 0. The van der Waals surface area contributed by atoms with Gasteiger partial charge in [0.05, 0.1) is 0 Å². The highest BCUT2D eigenvalue weighted by Gasteiger charge is 2.01. The van der Waals surface area contributed by atoms with Crippen LogP contribution in [0.2, 0.25) is 0 Å². The fourth-order valence-electron chi connectivity index (χ4n) is 1.04. The maximum absolute atomic E-state index is 5.74. The van der Waals surface area contributed by atoms with Crippen molar-refractivity contribution in [3.05, 3.63) is 35.4 Å². The van der Waals surface area contributed by atoms with Gasteiger partial charge in [-0.3, -0.25) is 0 Å². The Morgan fingerprint density at radius 3 is 2.38 bits per heavy atom. The Kier molecular flexibility index (Phi) is 8.37. The van der Waals surface area contributed by atoms with Gasteiger partial charge in [-0.1, -0.05) is 29.8 Å². The Morgan fingerprint density at radius 2 is 1.92 bits per heavy atom. The standard InChI is InChI=1S/C9H14N2.2ClH/c1-7-3-2-4-8(5-7)9(11)6-10;;/h2-5,9H,6,10-11H2,1H3;2*1H. The third-order valence-corrected chi connectivity index (χ3v) is 1.72. The van der Waals surface area contributed by atoms with Gasteiger partial charge in [0, 0.05) is 12.6 Å². The molecule has 0 aliphatic heterocycles. The maximum atomic E-state index is 5.74. The zero-order valence-electron chi connectivity index (χ0n) is 7.57. The first kappa shape index (κ1) is 15.2. The van der Waals surface area contributed by atoms with Crippen molar-refractivity contribution in [3.63, 3.8) is 0 Å². The molecule has 1 aromatic rings. The van der Waals surface area contributed by atoms with Crippen molar-refractivity contribution >= 4 is 24.8 Å². The zero-order valence-corrected chi connectivity index (χ0v) is 9.20. The molecule has 0 saturated carbocycles. The first-order chi connectivity index (χ1) is 5.24. The summed E-state index contributed by atoms with van der Waals surface area (Å²) in [5.74, 6) is 0. The quantitative estimate of drug-likeness (QED) is 0.803. The first-order valence-corrected chi connectivity index (χ1v) is 3.76.